The Morgan fingerprint density at radius 1 is 0.422 bits per heavy atom. The smallest absolute Gasteiger partial charge is 0.220 e. The molecule has 9 N–H and O–H groups in total. The SMILES string of the molecule is CCCCCCCCCCCCC/C=C/C(O)C(COC1OC(CO)C(OC2OC(CO)C(O)C(O)C2O)C(O)C1O)NC(=O)CCCCCCCCCCCCCCCCCCCCCCCCCCCCCCCCCCCCCC. The summed E-state index contributed by atoms with van der Waals surface area (Å²) in [5.41, 5.74) is 0. The molecule has 0 spiro atoms. The molecule has 14 heteroatoms. The minimum atomic E-state index is -1.79. The molecule has 0 aromatic rings. The maximum Gasteiger partial charge on any atom is 0.220 e. The van der Waals surface area contributed by atoms with Gasteiger partial charge in [-0.25, -0.2) is 0 Å². The number of carbonyl (C=O) groups excluding carboxylic acids is 1. The zero-order chi connectivity index (χ0) is 60.2. The summed E-state index contributed by atoms with van der Waals surface area (Å²) in [6, 6.07) is -0.910. The molecule has 2 rings (SSSR count). The number of hydrogen-bond donors (Lipinski definition) is 9. The summed E-state index contributed by atoms with van der Waals surface area (Å²) in [5.74, 6) is -0.232. The molecule has 0 bridgehead atoms. The van der Waals surface area contributed by atoms with Gasteiger partial charge >= 0.3 is 0 Å². The molecule has 2 heterocycles. The highest BCUT2D eigenvalue weighted by Crippen LogP contribution is 2.30. The summed E-state index contributed by atoms with van der Waals surface area (Å²) in [6.07, 6.45) is 50.2. The van der Waals surface area contributed by atoms with E-state index in [9.17, 15) is 45.6 Å². The van der Waals surface area contributed by atoms with E-state index in [2.05, 4.69) is 19.2 Å². The van der Waals surface area contributed by atoms with Gasteiger partial charge in [0.25, 0.3) is 0 Å². The average molecular weight is 1180 g/mol. The third-order valence-electron chi connectivity index (χ3n) is 17.7. The summed E-state index contributed by atoms with van der Waals surface area (Å²) in [6.45, 7) is 2.83. The molecule has 2 saturated heterocycles. The molecule has 0 aromatic carbocycles. The normalized spacial score (nSPS) is 23.8. The minimum absolute atomic E-state index is 0.232. The van der Waals surface area contributed by atoms with Crippen LogP contribution in [0.1, 0.15) is 328 Å². The quantitative estimate of drug-likeness (QED) is 0.0204. The summed E-state index contributed by atoms with van der Waals surface area (Å²) in [4.78, 5) is 13.3. The van der Waals surface area contributed by atoms with Crippen molar-refractivity contribution in [2.75, 3.05) is 19.8 Å². The minimum Gasteiger partial charge on any atom is -0.394 e. The van der Waals surface area contributed by atoms with Crippen LogP contribution in [0.3, 0.4) is 0 Å². The van der Waals surface area contributed by atoms with E-state index in [1.54, 1.807) is 6.08 Å². The molecule has 0 aliphatic carbocycles. The van der Waals surface area contributed by atoms with Crippen molar-refractivity contribution in [2.45, 2.75) is 402 Å². The molecule has 83 heavy (non-hydrogen) atoms. The molecule has 2 aliphatic heterocycles. The highest BCUT2D eigenvalue weighted by atomic mass is 16.7. The zero-order valence-corrected chi connectivity index (χ0v) is 53.5. The first-order valence-electron chi connectivity index (χ1n) is 35.4. The number of amides is 1. The van der Waals surface area contributed by atoms with Crippen LogP contribution in [0, 0.1) is 0 Å². The number of aliphatic hydroxyl groups excluding tert-OH is 8. The van der Waals surface area contributed by atoms with Gasteiger partial charge in [0.1, 0.15) is 48.8 Å². The number of ether oxygens (including phenoxy) is 4. The molecule has 1 amide bonds. The van der Waals surface area contributed by atoms with Crippen molar-refractivity contribution in [1.29, 1.82) is 0 Å². The van der Waals surface area contributed by atoms with Gasteiger partial charge in [0.15, 0.2) is 12.6 Å². The van der Waals surface area contributed by atoms with Crippen LogP contribution in [-0.4, -0.2) is 140 Å². The van der Waals surface area contributed by atoms with Gasteiger partial charge < -0.3 is 65.1 Å². The Hall–Kier alpha value is -1.27. The lowest BCUT2D eigenvalue weighted by Gasteiger charge is -2.46. The second-order valence-corrected chi connectivity index (χ2v) is 25.4. The van der Waals surface area contributed by atoms with E-state index in [1.807, 2.05) is 6.08 Å². The van der Waals surface area contributed by atoms with Gasteiger partial charge in [0.2, 0.25) is 5.91 Å². The number of carbonyl (C=O) groups is 1. The highest BCUT2D eigenvalue weighted by molar-refractivity contribution is 5.76. The van der Waals surface area contributed by atoms with Crippen molar-refractivity contribution in [3.8, 4) is 0 Å². The predicted octanol–water partition coefficient (Wildman–Crippen LogP) is 14.2. The fourth-order valence-corrected chi connectivity index (χ4v) is 12.1. The van der Waals surface area contributed by atoms with Crippen LogP contribution < -0.4 is 5.32 Å². The van der Waals surface area contributed by atoms with Crippen LogP contribution in [-0.2, 0) is 23.7 Å². The molecule has 2 aliphatic rings. The van der Waals surface area contributed by atoms with Crippen LogP contribution in [0.15, 0.2) is 12.2 Å². The lowest BCUT2D eigenvalue weighted by molar-refractivity contribution is -0.359. The topological polar surface area (TPSA) is 228 Å². The van der Waals surface area contributed by atoms with E-state index in [4.69, 9.17) is 18.9 Å². The molecular weight excluding hydrogens is 1050 g/mol. The first kappa shape index (κ1) is 77.8. The van der Waals surface area contributed by atoms with Gasteiger partial charge in [0.05, 0.1) is 32.0 Å². The van der Waals surface area contributed by atoms with Gasteiger partial charge in [0, 0.05) is 6.42 Å². The number of hydrogen-bond acceptors (Lipinski definition) is 13. The van der Waals surface area contributed by atoms with E-state index in [0.717, 1.165) is 38.5 Å². The molecule has 2 fully saturated rings. The van der Waals surface area contributed by atoms with E-state index >= 15 is 0 Å². The molecule has 12 unspecified atom stereocenters. The second kappa shape index (κ2) is 54.8. The maximum absolute atomic E-state index is 13.3. The summed E-state index contributed by atoms with van der Waals surface area (Å²) in [7, 11) is 0. The van der Waals surface area contributed by atoms with Crippen molar-refractivity contribution in [2.24, 2.45) is 0 Å². The monoisotopic (exact) mass is 1180 g/mol. The third-order valence-corrected chi connectivity index (χ3v) is 17.7. The van der Waals surface area contributed by atoms with Crippen molar-refractivity contribution in [3.05, 3.63) is 12.2 Å². The summed E-state index contributed by atoms with van der Waals surface area (Å²) < 4.78 is 22.8. The summed E-state index contributed by atoms with van der Waals surface area (Å²) in [5, 5.41) is 87.2. The number of nitrogens with one attached hydrogen (secondary N) is 1. The molecule has 12 atom stereocenters. The lowest BCUT2D eigenvalue weighted by atomic mass is 9.97. The van der Waals surface area contributed by atoms with Gasteiger partial charge in [-0.2, -0.15) is 0 Å². The fourth-order valence-electron chi connectivity index (χ4n) is 12.1. The van der Waals surface area contributed by atoms with Gasteiger partial charge in [-0.15, -0.1) is 0 Å². The van der Waals surface area contributed by atoms with Crippen molar-refractivity contribution < 1.29 is 64.6 Å². The van der Waals surface area contributed by atoms with E-state index in [1.165, 1.54) is 263 Å². The van der Waals surface area contributed by atoms with Crippen molar-refractivity contribution in [1.82, 2.24) is 5.32 Å². The lowest BCUT2D eigenvalue weighted by Crippen LogP contribution is -2.65. The van der Waals surface area contributed by atoms with Crippen LogP contribution in [0.4, 0.5) is 0 Å². The number of unbranched alkanes of at least 4 members (excludes halogenated alkanes) is 46. The molecular formula is C69H133NO13. The molecule has 0 saturated carbocycles. The Balaban J connectivity index is 1.56. The van der Waals surface area contributed by atoms with Gasteiger partial charge in [-0.1, -0.05) is 315 Å². The highest BCUT2D eigenvalue weighted by Gasteiger charge is 2.51. The second-order valence-electron chi connectivity index (χ2n) is 25.4. The Kier molecular flexibility index (Phi) is 51.4. The average Bonchev–Trinajstić information content (AvgIpc) is 3.65. The first-order chi connectivity index (χ1) is 40.6. The largest absolute Gasteiger partial charge is 0.394 e. The standard InChI is InChI=1S/C69H133NO13/c1-3-5-7-9-11-13-15-17-18-19-20-21-22-23-24-25-26-27-28-29-30-31-32-33-34-35-36-37-38-39-41-43-45-47-49-51-53-61(74)70-57(58(73)52-50-48-46-44-42-40-16-14-12-10-8-6-4-2)56-80-68-66(79)64(77)67(60(55-72)82-68)83-69-65(78)63(76)62(75)59(54-71)81-69/h50,52,57-60,62-69,71-73,75-79H,3-49,51,53-56H2,1-2H3,(H,70,74)/b52-50+. The molecule has 0 radical (unpaired) electrons. The summed E-state index contributed by atoms with van der Waals surface area (Å²) >= 11 is 0. The van der Waals surface area contributed by atoms with Crippen LogP contribution in [0.2, 0.25) is 0 Å². The first-order valence-corrected chi connectivity index (χ1v) is 35.4. The Bertz CT molecular complexity index is 1440. The van der Waals surface area contributed by atoms with E-state index < -0.39 is 86.8 Å². The van der Waals surface area contributed by atoms with Crippen LogP contribution in [0.5, 0.6) is 0 Å². The molecule has 492 valence electrons. The predicted molar refractivity (Wildman–Crippen MR) is 337 cm³/mol. The van der Waals surface area contributed by atoms with E-state index in [0.29, 0.717) is 6.42 Å². The van der Waals surface area contributed by atoms with E-state index in [-0.39, 0.29) is 18.9 Å². The maximum atomic E-state index is 13.3. The number of rotatable bonds is 59. The zero-order valence-electron chi connectivity index (χ0n) is 53.5. The van der Waals surface area contributed by atoms with Crippen molar-refractivity contribution in [3.63, 3.8) is 0 Å². The Morgan fingerprint density at radius 2 is 0.747 bits per heavy atom. The van der Waals surface area contributed by atoms with Crippen molar-refractivity contribution >= 4 is 5.91 Å². The third kappa shape index (κ3) is 39.4. The Labute approximate surface area is 507 Å². The fraction of sp³-hybridized carbons (Fsp3) is 0.957. The number of aliphatic hydroxyl groups is 8. The molecule has 0 aromatic heterocycles. The number of allylic oxidation sites excluding steroid dienone is 1. The van der Waals surface area contributed by atoms with Gasteiger partial charge in [-0.3, -0.25) is 4.79 Å². The molecule has 14 nitrogen and oxygen atoms in total. The van der Waals surface area contributed by atoms with Gasteiger partial charge in [-0.05, 0) is 19.3 Å². The van der Waals surface area contributed by atoms with Crippen LogP contribution in [0.25, 0.3) is 0 Å². The Morgan fingerprint density at radius 3 is 1.11 bits per heavy atom. The van der Waals surface area contributed by atoms with Crippen LogP contribution >= 0.6 is 0 Å².